The zero-order valence-corrected chi connectivity index (χ0v) is 12.5. The van der Waals surface area contributed by atoms with Gasteiger partial charge >= 0.3 is 0 Å². The number of hydrogen-bond acceptors (Lipinski definition) is 4. The van der Waals surface area contributed by atoms with Gasteiger partial charge in [-0.25, -0.2) is 4.98 Å². The summed E-state index contributed by atoms with van der Waals surface area (Å²) in [6.07, 6.45) is 3.02. The van der Waals surface area contributed by atoms with Crippen LogP contribution in [-0.2, 0) is 11.2 Å². The highest BCUT2D eigenvalue weighted by atomic mass is 32.1. The molecule has 0 aliphatic rings. The lowest BCUT2D eigenvalue weighted by Gasteiger charge is -2.11. The molecular formula is C15H19N3OS. The molecular weight excluding hydrogens is 270 g/mol. The van der Waals surface area contributed by atoms with E-state index in [-0.39, 0.29) is 11.9 Å². The summed E-state index contributed by atoms with van der Waals surface area (Å²) in [6, 6.07) is 7.59. The number of amides is 1. The van der Waals surface area contributed by atoms with E-state index in [1.165, 1.54) is 0 Å². The number of thiazole rings is 1. The van der Waals surface area contributed by atoms with Crippen LogP contribution in [0, 0.1) is 6.92 Å². The minimum Gasteiger partial charge on any atom is -0.399 e. The quantitative estimate of drug-likeness (QED) is 0.832. The summed E-state index contributed by atoms with van der Waals surface area (Å²) in [5.74, 6) is 0.0437. The van der Waals surface area contributed by atoms with Crippen molar-refractivity contribution in [2.75, 3.05) is 5.73 Å². The largest absolute Gasteiger partial charge is 0.399 e. The van der Waals surface area contributed by atoms with Crippen molar-refractivity contribution in [1.29, 1.82) is 0 Å². The summed E-state index contributed by atoms with van der Waals surface area (Å²) in [5, 5.41) is 3.92. The van der Waals surface area contributed by atoms with Crippen LogP contribution in [0.25, 0.3) is 0 Å². The van der Waals surface area contributed by atoms with E-state index in [0.29, 0.717) is 6.42 Å². The van der Waals surface area contributed by atoms with Gasteiger partial charge < -0.3 is 11.1 Å². The Morgan fingerprint density at radius 3 is 2.70 bits per heavy atom. The summed E-state index contributed by atoms with van der Waals surface area (Å²) < 4.78 is 0. The standard InChI is InChI=1S/C15H19N3OS/c1-10-9-17-15(20-10)11(2)18-14(19)8-5-12-3-6-13(16)7-4-12/h3-4,6-7,9,11H,5,8,16H2,1-2H3,(H,18,19). The first-order valence-corrected chi connectivity index (χ1v) is 7.42. The van der Waals surface area contributed by atoms with E-state index in [9.17, 15) is 4.79 Å². The molecule has 0 saturated carbocycles. The minimum atomic E-state index is -0.0346. The lowest BCUT2D eigenvalue weighted by atomic mass is 10.1. The molecule has 5 heteroatoms. The van der Waals surface area contributed by atoms with Gasteiger partial charge in [-0.2, -0.15) is 0 Å². The second-order valence-corrected chi connectivity index (χ2v) is 6.11. The summed E-state index contributed by atoms with van der Waals surface area (Å²) in [4.78, 5) is 17.4. The molecule has 1 atom stereocenters. The second kappa shape index (κ2) is 6.52. The van der Waals surface area contributed by atoms with Crippen LogP contribution in [0.15, 0.2) is 30.5 Å². The van der Waals surface area contributed by atoms with Gasteiger partial charge in [0.1, 0.15) is 5.01 Å². The van der Waals surface area contributed by atoms with Crippen molar-refractivity contribution in [3.05, 3.63) is 45.9 Å². The van der Waals surface area contributed by atoms with Crippen LogP contribution in [0.3, 0.4) is 0 Å². The fraction of sp³-hybridized carbons (Fsp3) is 0.333. The number of aromatic nitrogens is 1. The highest BCUT2D eigenvalue weighted by molar-refractivity contribution is 7.11. The summed E-state index contributed by atoms with van der Waals surface area (Å²) in [5.41, 5.74) is 7.49. The molecule has 2 rings (SSSR count). The van der Waals surface area contributed by atoms with Crippen molar-refractivity contribution in [3.63, 3.8) is 0 Å². The number of rotatable bonds is 5. The third-order valence-corrected chi connectivity index (χ3v) is 4.10. The van der Waals surface area contributed by atoms with Crippen molar-refractivity contribution < 1.29 is 4.79 Å². The molecule has 0 aliphatic carbocycles. The molecule has 0 saturated heterocycles. The molecule has 2 aromatic rings. The first-order chi connectivity index (χ1) is 9.54. The third kappa shape index (κ3) is 4.06. The maximum absolute atomic E-state index is 11.9. The van der Waals surface area contributed by atoms with Gasteiger partial charge in [-0.3, -0.25) is 4.79 Å². The van der Waals surface area contributed by atoms with Crippen LogP contribution in [0.4, 0.5) is 5.69 Å². The Hall–Kier alpha value is -1.88. The highest BCUT2D eigenvalue weighted by Crippen LogP contribution is 2.19. The Balaban J connectivity index is 1.82. The Morgan fingerprint density at radius 2 is 2.10 bits per heavy atom. The third-order valence-electron chi connectivity index (χ3n) is 3.01. The number of nitrogens with two attached hydrogens (primary N) is 1. The van der Waals surface area contributed by atoms with E-state index >= 15 is 0 Å². The molecule has 0 fully saturated rings. The van der Waals surface area contributed by atoms with E-state index in [0.717, 1.165) is 27.6 Å². The van der Waals surface area contributed by atoms with Crippen molar-refractivity contribution in [2.24, 2.45) is 0 Å². The number of nitrogens with zero attached hydrogens (tertiary/aromatic N) is 1. The molecule has 0 spiro atoms. The van der Waals surface area contributed by atoms with Gasteiger partial charge in [0.25, 0.3) is 0 Å². The zero-order valence-electron chi connectivity index (χ0n) is 11.7. The number of carbonyl (C=O) groups is 1. The molecule has 0 radical (unpaired) electrons. The smallest absolute Gasteiger partial charge is 0.220 e. The van der Waals surface area contributed by atoms with Crippen molar-refractivity contribution >= 4 is 22.9 Å². The van der Waals surface area contributed by atoms with E-state index < -0.39 is 0 Å². The molecule has 106 valence electrons. The molecule has 0 bridgehead atoms. The van der Waals surface area contributed by atoms with Gasteiger partial charge in [0.05, 0.1) is 6.04 Å². The Morgan fingerprint density at radius 1 is 1.40 bits per heavy atom. The number of nitrogens with one attached hydrogen (secondary N) is 1. The van der Waals surface area contributed by atoms with Gasteiger partial charge in [-0.05, 0) is 38.0 Å². The maximum atomic E-state index is 11.9. The predicted molar refractivity (Wildman–Crippen MR) is 82.6 cm³/mol. The van der Waals surface area contributed by atoms with Crippen LogP contribution in [-0.4, -0.2) is 10.9 Å². The molecule has 1 amide bonds. The summed E-state index contributed by atoms with van der Waals surface area (Å²) in [6.45, 7) is 3.97. The highest BCUT2D eigenvalue weighted by Gasteiger charge is 2.12. The van der Waals surface area contributed by atoms with Gasteiger partial charge in [0.15, 0.2) is 0 Å². The van der Waals surface area contributed by atoms with Crippen molar-refractivity contribution in [1.82, 2.24) is 10.3 Å². The molecule has 1 heterocycles. The molecule has 1 aromatic carbocycles. The second-order valence-electron chi connectivity index (χ2n) is 4.84. The average Bonchev–Trinajstić information content (AvgIpc) is 2.85. The minimum absolute atomic E-state index is 0.0346. The molecule has 3 N–H and O–H groups in total. The SMILES string of the molecule is Cc1cnc(C(C)NC(=O)CCc2ccc(N)cc2)s1. The summed E-state index contributed by atoms with van der Waals surface area (Å²) >= 11 is 1.61. The summed E-state index contributed by atoms with van der Waals surface area (Å²) in [7, 11) is 0. The average molecular weight is 289 g/mol. The van der Waals surface area contributed by atoms with Gasteiger partial charge in [0.2, 0.25) is 5.91 Å². The topological polar surface area (TPSA) is 68.0 Å². The number of benzene rings is 1. The Kier molecular flexibility index (Phi) is 4.74. The monoisotopic (exact) mass is 289 g/mol. The van der Waals surface area contributed by atoms with Gasteiger partial charge in [0, 0.05) is 23.2 Å². The molecule has 20 heavy (non-hydrogen) atoms. The van der Waals surface area contributed by atoms with E-state index in [2.05, 4.69) is 10.3 Å². The van der Waals surface area contributed by atoms with E-state index in [1.54, 1.807) is 11.3 Å². The molecule has 4 nitrogen and oxygen atoms in total. The molecule has 0 aliphatic heterocycles. The Labute approximate surface area is 123 Å². The number of nitrogen functional groups attached to an aromatic ring is 1. The lowest BCUT2D eigenvalue weighted by molar-refractivity contribution is -0.121. The van der Waals surface area contributed by atoms with Crippen molar-refractivity contribution in [3.8, 4) is 0 Å². The van der Waals surface area contributed by atoms with Gasteiger partial charge in [-0.15, -0.1) is 11.3 Å². The fourth-order valence-electron chi connectivity index (χ4n) is 1.89. The first kappa shape index (κ1) is 14.5. The number of carbonyl (C=O) groups excluding carboxylic acids is 1. The van der Waals surface area contributed by atoms with Crippen molar-refractivity contribution in [2.45, 2.75) is 32.7 Å². The van der Waals surface area contributed by atoms with E-state index in [1.807, 2.05) is 44.3 Å². The number of anilines is 1. The normalized spacial score (nSPS) is 12.1. The predicted octanol–water partition coefficient (Wildman–Crippen LogP) is 2.84. The van der Waals surface area contributed by atoms with E-state index in [4.69, 9.17) is 5.73 Å². The van der Waals surface area contributed by atoms with Crippen LogP contribution in [0.1, 0.15) is 34.8 Å². The van der Waals surface area contributed by atoms with Gasteiger partial charge in [-0.1, -0.05) is 12.1 Å². The first-order valence-electron chi connectivity index (χ1n) is 6.60. The van der Waals surface area contributed by atoms with Crippen LogP contribution >= 0.6 is 11.3 Å². The van der Waals surface area contributed by atoms with Crippen LogP contribution in [0.2, 0.25) is 0 Å². The zero-order chi connectivity index (χ0) is 14.5. The molecule has 1 aromatic heterocycles. The van der Waals surface area contributed by atoms with Crippen LogP contribution < -0.4 is 11.1 Å². The maximum Gasteiger partial charge on any atom is 0.220 e. The number of hydrogen-bond donors (Lipinski definition) is 2. The lowest BCUT2D eigenvalue weighted by Crippen LogP contribution is -2.26. The number of aryl methyl sites for hydroxylation is 2. The fourth-order valence-corrected chi connectivity index (χ4v) is 2.67. The Bertz CT molecular complexity index is 577. The molecule has 1 unspecified atom stereocenters. The van der Waals surface area contributed by atoms with Crippen LogP contribution in [0.5, 0.6) is 0 Å².